The van der Waals surface area contributed by atoms with Crippen molar-refractivity contribution in [3.8, 4) is 0 Å². The lowest BCUT2D eigenvalue weighted by Crippen LogP contribution is -2.66. The van der Waals surface area contributed by atoms with Crippen molar-refractivity contribution in [1.29, 1.82) is 0 Å². The Morgan fingerprint density at radius 2 is 0.583 bits per heavy atom. The molecule has 8 heteroatoms. The van der Waals surface area contributed by atoms with Crippen molar-refractivity contribution in [2.75, 3.05) is 0 Å². The molecule has 0 aromatic carbocycles. The molecule has 0 radical (unpaired) electrons. The second-order valence-corrected chi connectivity index (χ2v) is 19.2. The number of allylic oxidation sites excluding steroid dienone is 4. The van der Waals surface area contributed by atoms with Gasteiger partial charge in [-0.25, -0.2) is 0 Å². The quantitative estimate of drug-likeness (QED) is 0.634. The molecule has 1 aliphatic rings. The summed E-state index contributed by atoms with van der Waals surface area (Å²) in [6.07, 6.45) is 8.02. The summed E-state index contributed by atoms with van der Waals surface area (Å²) >= 11 is 0. The van der Waals surface area contributed by atoms with Crippen LogP contribution in [-0.4, -0.2) is 34.2 Å². The molecule has 1 saturated heterocycles. The Bertz CT molecular complexity index is 438. The lowest BCUT2D eigenvalue weighted by atomic mass is 10.8. The molecular formula is C16H32O4Si4. The molecule has 0 aromatic rings. The molecule has 0 atom stereocenters. The fraction of sp³-hybridized carbons (Fsp3) is 0.500. The summed E-state index contributed by atoms with van der Waals surface area (Å²) in [6.45, 7) is 16.3. The van der Waals surface area contributed by atoms with Gasteiger partial charge in [0.1, 0.15) is 0 Å². The molecule has 1 heterocycles. The standard InChI is InChI=1S/C16H32O4Si4/c1-9-13-21(5)17-22(6,14-10-2)19-24(8,16-12-4)20-23(7,18-21)15-11-3/h9-16H,1-8H3. The highest BCUT2D eigenvalue weighted by atomic mass is 28.5. The second kappa shape index (κ2) is 8.37. The van der Waals surface area contributed by atoms with Crippen LogP contribution in [0.4, 0.5) is 0 Å². The van der Waals surface area contributed by atoms with Gasteiger partial charge in [-0.1, -0.05) is 24.3 Å². The molecule has 136 valence electrons. The molecule has 0 bridgehead atoms. The van der Waals surface area contributed by atoms with Crippen LogP contribution in [0, 0.1) is 0 Å². The van der Waals surface area contributed by atoms with Crippen molar-refractivity contribution in [1.82, 2.24) is 0 Å². The average molecular weight is 401 g/mol. The molecule has 0 N–H and O–H groups in total. The van der Waals surface area contributed by atoms with Gasteiger partial charge in [-0.05, 0) is 76.7 Å². The lowest BCUT2D eigenvalue weighted by molar-refractivity contribution is 0.250. The first kappa shape index (κ1) is 21.7. The third kappa shape index (κ3) is 5.88. The van der Waals surface area contributed by atoms with E-state index in [1.165, 1.54) is 0 Å². The van der Waals surface area contributed by atoms with Gasteiger partial charge in [-0.15, -0.1) is 0 Å². The van der Waals surface area contributed by atoms with E-state index >= 15 is 0 Å². The van der Waals surface area contributed by atoms with E-state index in [0.717, 1.165) is 0 Å². The van der Waals surface area contributed by atoms with Gasteiger partial charge < -0.3 is 16.5 Å². The Labute approximate surface area is 151 Å². The normalized spacial score (nSPS) is 42.3. The van der Waals surface area contributed by atoms with Gasteiger partial charge in [-0.2, -0.15) is 0 Å². The fourth-order valence-corrected chi connectivity index (χ4v) is 22.8. The summed E-state index contributed by atoms with van der Waals surface area (Å²) in [5.41, 5.74) is 8.29. The number of hydrogen-bond acceptors (Lipinski definition) is 4. The first-order chi connectivity index (χ1) is 11.1. The highest BCUT2D eigenvalue weighted by molar-refractivity contribution is 6.98. The molecule has 1 rings (SSSR count). The van der Waals surface area contributed by atoms with Crippen LogP contribution in [0.5, 0.6) is 0 Å². The molecule has 0 aliphatic carbocycles. The zero-order valence-corrected chi connectivity index (χ0v) is 20.3. The largest absolute Gasteiger partial charge is 0.410 e. The Kier molecular flexibility index (Phi) is 7.57. The van der Waals surface area contributed by atoms with E-state index in [0.29, 0.717) is 0 Å². The third-order valence-electron chi connectivity index (χ3n) is 3.50. The summed E-state index contributed by atoms with van der Waals surface area (Å²) in [4.78, 5) is 0. The van der Waals surface area contributed by atoms with E-state index in [4.69, 9.17) is 16.5 Å². The highest BCUT2D eigenvalue weighted by Crippen LogP contribution is 2.33. The second-order valence-electron chi connectivity index (χ2n) is 6.47. The van der Waals surface area contributed by atoms with Crippen molar-refractivity contribution >= 4 is 34.2 Å². The summed E-state index contributed by atoms with van der Waals surface area (Å²) in [7, 11) is -10.2. The van der Waals surface area contributed by atoms with Crippen LogP contribution in [-0.2, 0) is 16.5 Å². The lowest BCUT2D eigenvalue weighted by Gasteiger charge is -2.47. The molecule has 1 fully saturated rings. The van der Waals surface area contributed by atoms with Crippen molar-refractivity contribution in [3.05, 3.63) is 47.1 Å². The average Bonchev–Trinajstić information content (AvgIpc) is 2.35. The van der Waals surface area contributed by atoms with Crippen molar-refractivity contribution < 1.29 is 16.5 Å². The Morgan fingerprint density at radius 1 is 0.417 bits per heavy atom. The van der Waals surface area contributed by atoms with Gasteiger partial charge in [0.2, 0.25) is 0 Å². The first-order valence-corrected chi connectivity index (χ1v) is 18.0. The van der Waals surface area contributed by atoms with E-state index in [-0.39, 0.29) is 0 Å². The van der Waals surface area contributed by atoms with Crippen molar-refractivity contribution in [2.24, 2.45) is 0 Å². The van der Waals surface area contributed by atoms with Crippen molar-refractivity contribution in [2.45, 2.75) is 53.9 Å². The van der Waals surface area contributed by atoms with E-state index < -0.39 is 34.2 Å². The maximum absolute atomic E-state index is 6.61. The molecule has 0 amide bonds. The van der Waals surface area contributed by atoms with Crippen LogP contribution >= 0.6 is 0 Å². The maximum Gasteiger partial charge on any atom is 0.344 e. The van der Waals surface area contributed by atoms with Gasteiger partial charge in [0.25, 0.3) is 0 Å². The predicted octanol–water partition coefficient (Wildman–Crippen LogP) is 4.82. The molecule has 0 aromatic heterocycles. The monoisotopic (exact) mass is 400 g/mol. The molecule has 0 saturated carbocycles. The first-order valence-electron chi connectivity index (χ1n) is 8.43. The Hall–Kier alpha value is -0.332. The maximum atomic E-state index is 6.61. The molecule has 1 aliphatic heterocycles. The molecule has 24 heavy (non-hydrogen) atoms. The minimum atomic E-state index is -2.56. The van der Waals surface area contributed by atoms with Gasteiger partial charge in [0.05, 0.1) is 0 Å². The van der Waals surface area contributed by atoms with E-state index in [1.807, 2.05) is 52.0 Å². The van der Waals surface area contributed by atoms with Gasteiger partial charge in [0.15, 0.2) is 0 Å². The number of rotatable bonds is 4. The summed E-state index contributed by atoms with van der Waals surface area (Å²) in [5.74, 6) is 0. The van der Waals surface area contributed by atoms with Crippen LogP contribution in [0.1, 0.15) is 27.7 Å². The SMILES string of the molecule is CC=C[Si]1(C)O[Si](C)(C=CC)O[Si](C)(C=CC)O[Si](C)(C=CC)O1. The van der Waals surface area contributed by atoms with Crippen LogP contribution in [0.25, 0.3) is 0 Å². The van der Waals surface area contributed by atoms with Crippen LogP contribution in [0.2, 0.25) is 26.2 Å². The summed E-state index contributed by atoms with van der Waals surface area (Å²) < 4.78 is 26.4. The van der Waals surface area contributed by atoms with Crippen LogP contribution < -0.4 is 0 Å². The van der Waals surface area contributed by atoms with Crippen LogP contribution in [0.3, 0.4) is 0 Å². The fourth-order valence-electron chi connectivity index (χ4n) is 3.18. The Morgan fingerprint density at radius 3 is 0.708 bits per heavy atom. The zero-order chi connectivity index (χ0) is 18.5. The molecule has 0 unspecified atom stereocenters. The number of hydrogen-bond donors (Lipinski definition) is 0. The van der Waals surface area contributed by atoms with E-state index in [2.05, 4.69) is 49.0 Å². The highest BCUT2D eigenvalue weighted by Gasteiger charge is 2.54. The van der Waals surface area contributed by atoms with E-state index in [1.54, 1.807) is 0 Å². The third-order valence-corrected chi connectivity index (χ3v) is 20.2. The van der Waals surface area contributed by atoms with Crippen molar-refractivity contribution in [3.63, 3.8) is 0 Å². The smallest absolute Gasteiger partial charge is 0.344 e. The van der Waals surface area contributed by atoms with Gasteiger partial charge in [-0.3, -0.25) is 0 Å². The van der Waals surface area contributed by atoms with Gasteiger partial charge >= 0.3 is 34.2 Å². The Balaban J connectivity index is 3.45. The predicted molar refractivity (Wildman–Crippen MR) is 110 cm³/mol. The van der Waals surface area contributed by atoms with Gasteiger partial charge in [0, 0.05) is 0 Å². The minimum Gasteiger partial charge on any atom is -0.410 e. The minimum absolute atomic E-state index is 1.99. The molecular weight excluding hydrogens is 369 g/mol. The topological polar surface area (TPSA) is 36.9 Å². The summed E-state index contributed by atoms with van der Waals surface area (Å²) in [5, 5.41) is 0. The molecule has 4 nitrogen and oxygen atoms in total. The zero-order valence-electron chi connectivity index (χ0n) is 16.3. The summed E-state index contributed by atoms with van der Waals surface area (Å²) in [6, 6.07) is 0. The molecule has 0 spiro atoms. The van der Waals surface area contributed by atoms with Crippen LogP contribution in [0.15, 0.2) is 47.1 Å². The van der Waals surface area contributed by atoms with E-state index in [9.17, 15) is 0 Å².